The second kappa shape index (κ2) is 7.67. The van der Waals surface area contributed by atoms with Gasteiger partial charge in [0, 0.05) is 12.1 Å². The van der Waals surface area contributed by atoms with E-state index in [9.17, 15) is 23.3 Å². The number of aromatic nitrogens is 1. The Labute approximate surface area is 180 Å². The molecule has 1 aliphatic carbocycles. The molecule has 12 heteroatoms. The van der Waals surface area contributed by atoms with Gasteiger partial charge in [0.25, 0.3) is 5.69 Å². The highest BCUT2D eigenvalue weighted by molar-refractivity contribution is 7.93. The van der Waals surface area contributed by atoms with Crippen LogP contribution in [-0.4, -0.2) is 24.2 Å². The van der Waals surface area contributed by atoms with Gasteiger partial charge in [-0.05, 0) is 29.5 Å². The third-order valence-electron chi connectivity index (χ3n) is 4.84. The van der Waals surface area contributed by atoms with Gasteiger partial charge in [-0.1, -0.05) is 48.4 Å². The van der Waals surface area contributed by atoms with Gasteiger partial charge >= 0.3 is 0 Å². The van der Waals surface area contributed by atoms with Crippen molar-refractivity contribution in [1.82, 2.24) is 4.98 Å². The number of rotatable bonds is 6. The van der Waals surface area contributed by atoms with E-state index in [4.69, 9.17) is 23.2 Å². The third kappa shape index (κ3) is 4.30. The van der Waals surface area contributed by atoms with Gasteiger partial charge in [0.1, 0.15) is 8.70 Å². The molecule has 0 spiro atoms. The highest BCUT2D eigenvalue weighted by Crippen LogP contribution is 2.60. The molecule has 1 aliphatic rings. The number of allylic oxidation sites excluding steroid dienone is 1. The summed E-state index contributed by atoms with van der Waals surface area (Å²) in [5.41, 5.74) is -0.543. The number of sulfone groups is 1. The Morgan fingerprint density at radius 2 is 1.93 bits per heavy atom. The van der Waals surface area contributed by atoms with Crippen molar-refractivity contribution in [3.63, 3.8) is 0 Å². The van der Waals surface area contributed by atoms with Gasteiger partial charge in [-0.3, -0.25) is 14.9 Å². The first-order chi connectivity index (χ1) is 13.4. The van der Waals surface area contributed by atoms with Crippen LogP contribution in [0.25, 0.3) is 0 Å². The number of nitro groups is 1. The van der Waals surface area contributed by atoms with E-state index in [1.54, 1.807) is 6.08 Å². The number of nitrogens with one attached hydrogen (secondary N) is 1. The fraction of sp³-hybridized carbons (Fsp3) is 0.294. The minimum atomic E-state index is -3.91. The second-order valence-electron chi connectivity index (χ2n) is 7.01. The number of carbonyl (C=O) groups excluding carboxylic acids is 1. The van der Waals surface area contributed by atoms with Gasteiger partial charge in [0.15, 0.2) is 5.13 Å². The number of carbonyl (C=O) groups is 1. The van der Waals surface area contributed by atoms with E-state index in [2.05, 4.69) is 10.3 Å². The van der Waals surface area contributed by atoms with Crippen molar-refractivity contribution in [2.45, 2.75) is 23.0 Å². The molecule has 0 radical (unpaired) electrons. The van der Waals surface area contributed by atoms with Gasteiger partial charge in [0.05, 0.1) is 21.9 Å². The Hall–Kier alpha value is -2.01. The smallest absolute Gasteiger partial charge is 0.269 e. The van der Waals surface area contributed by atoms with E-state index in [0.717, 1.165) is 41.8 Å². The first-order valence-electron chi connectivity index (χ1n) is 8.23. The lowest BCUT2D eigenvalue weighted by Gasteiger charge is -2.03. The van der Waals surface area contributed by atoms with E-state index < -0.39 is 14.8 Å². The molecule has 1 aromatic carbocycles. The van der Waals surface area contributed by atoms with Crippen LogP contribution in [0.1, 0.15) is 13.8 Å². The number of hydrogen-bond acceptors (Lipinski definition) is 7. The molecule has 0 aliphatic heterocycles. The molecule has 1 amide bonds. The van der Waals surface area contributed by atoms with Crippen molar-refractivity contribution >= 4 is 61.1 Å². The van der Waals surface area contributed by atoms with E-state index in [-0.39, 0.29) is 47.6 Å². The predicted octanol–water partition coefficient (Wildman–Crippen LogP) is 4.41. The SMILES string of the molecule is CC1(C)[C@H](C(=O)Nc2ncc(S(=O)(=O)c3ccc([N+](=O)[O-])cc3)s2)[C@@H]1C=C(Cl)Cl. The minimum absolute atomic E-state index is 0.0861. The molecular formula is C17H15Cl2N3O5S2. The van der Waals surface area contributed by atoms with Crippen LogP contribution >= 0.6 is 34.5 Å². The molecule has 1 heterocycles. The summed E-state index contributed by atoms with van der Waals surface area (Å²) in [7, 11) is -3.91. The maximum atomic E-state index is 12.7. The van der Waals surface area contributed by atoms with Crippen LogP contribution in [0.15, 0.2) is 50.1 Å². The molecular weight excluding hydrogens is 461 g/mol. The standard InChI is InChI=1S/C17H15Cl2N3O5S2/c1-17(2)11(7-12(18)19)14(17)15(23)21-16-20-8-13(28-16)29(26,27)10-5-3-9(4-6-10)22(24)25/h3-8,11,14H,1-2H3,(H,20,21,23)/t11-,14-/m0/s1. The number of hydrogen-bond donors (Lipinski definition) is 1. The summed E-state index contributed by atoms with van der Waals surface area (Å²) in [5, 5.41) is 13.5. The van der Waals surface area contributed by atoms with Gasteiger partial charge in [-0.2, -0.15) is 0 Å². The summed E-state index contributed by atoms with van der Waals surface area (Å²) in [6.07, 6.45) is 2.75. The molecule has 29 heavy (non-hydrogen) atoms. The highest BCUT2D eigenvalue weighted by Gasteiger charge is 2.60. The van der Waals surface area contributed by atoms with Crippen molar-refractivity contribution in [2.75, 3.05) is 5.32 Å². The average molecular weight is 476 g/mol. The summed E-state index contributed by atoms with van der Waals surface area (Å²) >= 11 is 12.2. The van der Waals surface area contributed by atoms with E-state index in [1.807, 2.05) is 13.8 Å². The first-order valence-corrected chi connectivity index (χ1v) is 11.3. The molecule has 2 atom stereocenters. The van der Waals surface area contributed by atoms with Gasteiger partial charge < -0.3 is 5.32 Å². The topological polar surface area (TPSA) is 119 Å². The van der Waals surface area contributed by atoms with Gasteiger partial charge in [-0.25, -0.2) is 13.4 Å². The highest BCUT2D eigenvalue weighted by atomic mass is 35.5. The third-order valence-corrected chi connectivity index (χ3v) is 8.23. The number of halogens is 2. The lowest BCUT2D eigenvalue weighted by Crippen LogP contribution is -2.16. The largest absolute Gasteiger partial charge is 0.302 e. The Bertz CT molecular complexity index is 1110. The predicted molar refractivity (Wildman–Crippen MR) is 110 cm³/mol. The number of nitrogens with zero attached hydrogens (tertiary/aromatic N) is 2. The monoisotopic (exact) mass is 475 g/mol. The Morgan fingerprint density at radius 1 is 1.31 bits per heavy atom. The minimum Gasteiger partial charge on any atom is -0.302 e. The van der Waals surface area contributed by atoms with Gasteiger partial charge in [-0.15, -0.1) is 0 Å². The van der Waals surface area contributed by atoms with Crippen molar-refractivity contribution in [3.05, 3.63) is 51.1 Å². The normalized spacial score (nSPS) is 20.0. The number of non-ortho nitro benzene ring substituents is 1. The molecule has 2 aromatic rings. The number of benzene rings is 1. The molecule has 3 rings (SSSR count). The fourth-order valence-corrected chi connectivity index (χ4v) is 5.82. The van der Waals surface area contributed by atoms with Gasteiger partial charge in [0.2, 0.25) is 15.7 Å². The Balaban J connectivity index is 1.76. The zero-order chi connectivity index (χ0) is 21.6. The molecule has 0 unspecified atom stereocenters. The van der Waals surface area contributed by atoms with Crippen LogP contribution in [0.2, 0.25) is 0 Å². The van der Waals surface area contributed by atoms with Crippen molar-refractivity contribution < 1.29 is 18.1 Å². The van der Waals surface area contributed by atoms with Crippen LogP contribution in [-0.2, 0) is 14.6 Å². The molecule has 0 bridgehead atoms. The van der Waals surface area contributed by atoms with Crippen LogP contribution in [0, 0.1) is 27.4 Å². The number of amides is 1. The molecule has 1 N–H and O–H groups in total. The Kier molecular flexibility index (Phi) is 5.74. The van der Waals surface area contributed by atoms with Crippen molar-refractivity contribution in [1.29, 1.82) is 0 Å². The lowest BCUT2D eigenvalue weighted by molar-refractivity contribution is -0.384. The lowest BCUT2D eigenvalue weighted by atomic mass is 10.1. The Morgan fingerprint density at radius 3 is 2.48 bits per heavy atom. The molecule has 154 valence electrons. The van der Waals surface area contributed by atoms with E-state index in [1.165, 1.54) is 0 Å². The summed E-state index contributed by atoms with van der Waals surface area (Å²) in [4.78, 5) is 26.5. The van der Waals surface area contributed by atoms with Crippen LogP contribution in [0.3, 0.4) is 0 Å². The molecule has 1 aromatic heterocycles. The average Bonchev–Trinajstić information content (AvgIpc) is 2.95. The van der Waals surface area contributed by atoms with Crippen LogP contribution in [0.5, 0.6) is 0 Å². The molecule has 1 fully saturated rings. The van der Waals surface area contributed by atoms with E-state index in [0.29, 0.717) is 0 Å². The van der Waals surface area contributed by atoms with Crippen LogP contribution in [0.4, 0.5) is 10.8 Å². The number of anilines is 1. The first kappa shape index (κ1) is 21.7. The fourth-order valence-electron chi connectivity index (χ4n) is 3.11. The second-order valence-corrected chi connectivity index (χ2v) is 11.2. The summed E-state index contributed by atoms with van der Waals surface area (Å²) in [5.74, 6) is -0.802. The maximum absolute atomic E-state index is 12.7. The zero-order valence-electron chi connectivity index (χ0n) is 15.1. The van der Waals surface area contributed by atoms with Crippen molar-refractivity contribution in [3.8, 4) is 0 Å². The summed E-state index contributed by atoms with van der Waals surface area (Å²) in [6, 6.07) is 4.54. The zero-order valence-corrected chi connectivity index (χ0v) is 18.3. The number of nitro benzene ring substituents is 1. The molecule has 8 nitrogen and oxygen atoms in total. The molecule has 0 saturated heterocycles. The maximum Gasteiger partial charge on any atom is 0.269 e. The molecule has 1 saturated carbocycles. The summed E-state index contributed by atoms with van der Waals surface area (Å²) in [6.45, 7) is 3.81. The van der Waals surface area contributed by atoms with E-state index >= 15 is 0 Å². The quantitative estimate of drug-likeness (QED) is 0.487. The van der Waals surface area contributed by atoms with Crippen molar-refractivity contribution in [2.24, 2.45) is 17.3 Å². The van der Waals surface area contributed by atoms with Crippen LogP contribution < -0.4 is 5.32 Å². The summed E-state index contributed by atoms with van der Waals surface area (Å²) < 4.78 is 25.4. The number of thiazole rings is 1.